The summed E-state index contributed by atoms with van der Waals surface area (Å²) in [6.07, 6.45) is 0.911. The van der Waals surface area contributed by atoms with E-state index in [2.05, 4.69) is 26.6 Å². The van der Waals surface area contributed by atoms with Crippen LogP contribution in [0.4, 0.5) is 4.39 Å². The Balaban J connectivity index is 1.43. The number of carbonyl (C=O) groups excluding carboxylic acids is 1. The van der Waals surface area contributed by atoms with E-state index in [1.807, 2.05) is 11.8 Å². The normalized spacial score (nSPS) is 14.9. The van der Waals surface area contributed by atoms with Gasteiger partial charge in [-0.15, -0.1) is 16.4 Å². The summed E-state index contributed by atoms with van der Waals surface area (Å²) in [7, 11) is 0. The third kappa shape index (κ3) is 3.39. The Kier molecular flexibility index (Phi) is 4.78. The summed E-state index contributed by atoms with van der Waals surface area (Å²) in [5, 5.41) is 9.08. The van der Waals surface area contributed by atoms with E-state index in [9.17, 15) is 9.18 Å². The molecule has 1 aromatic carbocycles. The van der Waals surface area contributed by atoms with Crippen molar-refractivity contribution in [1.29, 1.82) is 0 Å². The predicted molar refractivity (Wildman–Crippen MR) is 101 cm³/mol. The van der Waals surface area contributed by atoms with Crippen molar-refractivity contribution in [1.82, 2.24) is 20.1 Å². The molecule has 134 valence electrons. The van der Waals surface area contributed by atoms with Crippen LogP contribution in [0.15, 0.2) is 40.9 Å². The van der Waals surface area contributed by atoms with Crippen LogP contribution in [0.5, 0.6) is 0 Å². The molecule has 0 saturated heterocycles. The Morgan fingerprint density at radius 2 is 2.23 bits per heavy atom. The number of nitrogens with one attached hydrogen (secondary N) is 1. The van der Waals surface area contributed by atoms with E-state index in [0.29, 0.717) is 23.1 Å². The van der Waals surface area contributed by atoms with Crippen LogP contribution in [0, 0.1) is 5.82 Å². The van der Waals surface area contributed by atoms with Crippen LogP contribution in [0.3, 0.4) is 0 Å². The number of hydrogen-bond donors (Lipinski definition) is 1. The molecule has 1 atom stereocenters. The molecule has 4 rings (SSSR count). The van der Waals surface area contributed by atoms with E-state index >= 15 is 0 Å². The minimum Gasteiger partial charge on any atom is -0.337 e. The van der Waals surface area contributed by atoms with Crippen molar-refractivity contribution in [3.8, 4) is 11.4 Å². The smallest absolute Gasteiger partial charge is 0.236 e. The average Bonchev–Trinajstić information content (AvgIpc) is 3.30. The lowest BCUT2D eigenvalue weighted by Gasteiger charge is -2.28. The molecule has 3 heterocycles. The molecule has 1 unspecified atom stereocenters. The van der Waals surface area contributed by atoms with Crippen LogP contribution in [0.1, 0.15) is 17.4 Å². The molecule has 0 aliphatic carbocycles. The molecule has 0 saturated carbocycles. The van der Waals surface area contributed by atoms with E-state index in [4.69, 9.17) is 0 Å². The number of halogens is 1. The van der Waals surface area contributed by atoms with Crippen molar-refractivity contribution in [2.24, 2.45) is 0 Å². The van der Waals surface area contributed by atoms with Gasteiger partial charge in [0.1, 0.15) is 5.82 Å². The van der Waals surface area contributed by atoms with Crippen molar-refractivity contribution in [2.45, 2.75) is 30.3 Å². The fourth-order valence-corrected chi connectivity index (χ4v) is 4.67. The molecule has 1 aliphatic heterocycles. The highest BCUT2D eigenvalue weighted by atomic mass is 32.2. The van der Waals surface area contributed by atoms with Crippen LogP contribution in [-0.4, -0.2) is 37.8 Å². The van der Waals surface area contributed by atoms with Gasteiger partial charge in [-0.05, 0) is 42.5 Å². The molecule has 5 nitrogen and oxygen atoms in total. The van der Waals surface area contributed by atoms with Gasteiger partial charge in [0.2, 0.25) is 11.1 Å². The average molecular weight is 388 g/mol. The molecule has 26 heavy (non-hydrogen) atoms. The Morgan fingerprint density at radius 1 is 1.38 bits per heavy atom. The maximum atomic E-state index is 13.9. The zero-order chi connectivity index (χ0) is 18.1. The Labute approximate surface area is 158 Å². The molecule has 1 amide bonds. The first-order chi connectivity index (χ1) is 12.6. The van der Waals surface area contributed by atoms with Gasteiger partial charge >= 0.3 is 0 Å². The molecule has 8 heteroatoms. The van der Waals surface area contributed by atoms with E-state index < -0.39 is 0 Å². The van der Waals surface area contributed by atoms with Crippen molar-refractivity contribution < 1.29 is 9.18 Å². The molecule has 1 N–H and O–H groups in total. The number of H-pyrrole nitrogens is 1. The summed E-state index contributed by atoms with van der Waals surface area (Å²) in [5.41, 5.74) is 1.61. The maximum Gasteiger partial charge on any atom is 0.236 e. The predicted octanol–water partition coefficient (Wildman–Crippen LogP) is 3.74. The highest BCUT2D eigenvalue weighted by Crippen LogP contribution is 2.28. The fraction of sp³-hybridized carbons (Fsp3) is 0.278. The molecular weight excluding hydrogens is 371 g/mol. The van der Waals surface area contributed by atoms with Gasteiger partial charge in [-0.3, -0.25) is 9.89 Å². The first-order valence-electron chi connectivity index (χ1n) is 8.30. The van der Waals surface area contributed by atoms with Crippen LogP contribution in [0.25, 0.3) is 11.4 Å². The highest BCUT2D eigenvalue weighted by Gasteiger charge is 2.26. The van der Waals surface area contributed by atoms with Crippen molar-refractivity contribution in [2.75, 3.05) is 6.54 Å². The van der Waals surface area contributed by atoms with Gasteiger partial charge in [0, 0.05) is 18.0 Å². The van der Waals surface area contributed by atoms with Crippen LogP contribution in [-0.2, 0) is 17.8 Å². The quantitative estimate of drug-likeness (QED) is 0.692. The zero-order valence-electron chi connectivity index (χ0n) is 14.1. The number of benzene rings is 1. The van der Waals surface area contributed by atoms with E-state index in [0.717, 1.165) is 13.0 Å². The van der Waals surface area contributed by atoms with E-state index in [1.54, 1.807) is 29.5 Å². The third-order valence-corrected chi connectivity index (χ3v) is 6.31. The van der Waals surface area contributed by atoms with Crippen molar-refractivity contribution in [3.63, 3.8) is 0 Å². The van der Waals surface area contributed by atoms with Crippen LogP contribution < -0.4 is 0 Å². The van der Waals surface area contributed by atoms with Gasteiger partial charge in [-0.1, -0.05) is 23.9 Å². The minimum atomic E-state index is -0.357. The molecule has 2 aromatic heterocycles. The second-order valence-corrected chi connectivity index (χ2v) is 8.39. The molecule has 0 radical (unpaired) electrons. The summed E-state index contributed by atoms with van der Waals surface area (Å²) >= 11 is 3.04. The molecular formula is C18H17FN4OS2. The molecule has 1 aliphatic rings. The summed E-state index contributed by atoms with van der Waals surface area (Å²) in [5.74, 6) is 0.0828. The number of aromatic amines is 1. The molecule has 0 bridgehead atoms. The molecule has 3 aromatic rings. The Hall–Kier alpha value is -2.19. The summed E-state index contributed by atoms with van der Waals surface area (Å²) in [6, 6.07) is 8.49. The van der Waals surface area contributed by atoms with Crippen molar-refractivity contribution >= 4 is 29.0 Å². The SMILES string of the molecule is CC(Sc1n[nH]c(-c2ccccc2F)n1)C(=O)N1CCc2sccc2C1. The monoisotopic (exact) mass is 388 g/mol. The number of nitrogens with zero attached hydrogens (tertiary/aromatic N) is 3. The topological polar surface area (TPSA) is 61.9 Å². The summed E-state index contributed by atoms with van der Waals surface area (Å²) in [6.45, 7) is 3.26. The number of thiophene rings is 1. The van der Waals surface area contributed by atoms with Crippen LogP contribution >= 0.6 is 23.1 Å². The first-order valence-corrected chi connectivity index (χ1v) is 10.1. The van der Waals surface area contributed by atoms with Gasteiger partial charge in [-0.2, -0.15) is 0 Å². The zero-order valence-corrected chi connectivity index (χ0v) is 15.7. The van der Waals surface area contributed by atoms with Crippen molar-refractivity contribution in [3.05, 3.63) is 52.0 Å². The fourth-order valence-electron chi connectivity index (χ4n) is 2.98. The van der Waals surface area contributed by atoms with Gasteiger partial charge in [0.25, 0.3) is 0 Å². The Bertz CT molecular complexity index is 939. The van der Waals surface area contributed by atoms with Gasteiger partial charge in [0.15, 0.2) is 5.82 Å². The number of rotatable bonds is 4. The van der Waals surface area contributed by atoms with Crippen LogP contribution in [0.2, 0.25) is 0 Å². The maximum absolute atomic E-state index is 13.9. The second-order valence-electron chi connectivity index (χ2n) is 6.09. The third-order valence-electron chi connectivity index (χ3n) is 4.34. The summed E-state index contributed by atoms with van der Waals surface area (Å²) in [4.78, 5) is 20.3. The van der Waals surface area contributed by atoms with Gasteiger partial charge in [0.05, 0.1) is 10.8 Å². The van der Waals surface area contributed by atoms with E-state index in [1.165, 1.54) is 28.3 Å². The summed E-state index contributed by atoms with van der Waals surface area (Å²) < 4.78 is 13.9. The second kappa shape index (κ2) is 7.20. The van der Waals surface area contributed by atoms with E-state index in [-0.39, 0.29) is 17.0 Å². The number of hydrogen-bond acceptors (Lipinski definition) is 5. The largest absolute Gasteiger partial charge is 0.337 e. The number of thioether (sulfide) groups is 1. The number of carbonyl (C=O) groups is 1. The lowest BCUT2D eigenvalue weighted by molar-refractivity contribution is -0.131. The number of amides is 1. The standard InChI is InChI=1S/C18H17FN4OS2/c1-11(17(24)23-8-6-15-12(10-23)7-9-25-15)26-18-20-16(21-22-18)13-4-2-3-5-14(13)19/h2-5,7,9,11H,6,8,10H2,1H3,(H,20,21,22). The first kappa shape index (κ1) is 17.2. The molecule has 0 spiro atoms. The lowest BCUT2D eigenvalue weighted by Crippen LogP contribution is -2.39. The van der Waals surface area contributed by atoms with Gasteiger partial charge < -0.3 is 4.90 Å². The number of aromatic nitrogens is 3. The number of fused-ring (bicyclic) bond motifs is 1. The highest BCUT2D eigenvalue weighted by molar-refractivity contribution is 8.00. The minimum absolute atomic E-state index is 0.0732. The lowest BCUT2D eigenvalue weighted by atomic mass is 10.1. The van der Waals surface area contributed by atoms with Gasteiger partial charge in [-0.25, -0.2) is 9.37 Å². The molecule has 0 fully saturated rings. The Morgan fingerprint density at radius 3 is 3.08 bits per heavy atom.